The number of benzene rings is 1. The molecular weight excluding hydrogens is 320 g/mol. The number of amides is 2. The first-order chi connectivity index (χ1) is 11.0. The topological polar surface area (TPSA) is 35.6 Å². The SMILES string of the molecule is CN1CCCC(CN(C)C(=O)Nc2ccccc2SC(F)F)C1. The minimum Gasteiger partial charge on any atom is -0.327 e. The van der Waals surface area contributed by atoms with Crippen LogP contribution < -0.4 is 5.32 Å². The van der Waals surface area contributed by atoms with Gasteiger partial charge < -0.3 is 15.1 Å². The maximum absolute atomic E-state index is 12.6. The van der Waals surface area contributed by atoms with E-state index < -0.39 is 5.76 Å². The van der Waals surface area contributed by atoms with Crippen molar-refractivity contribution in [3.05, 3.63) is 24.3 Å². The highest BCUT2D eigenvalue weighted by Crippen LogP contribution is 2.31. The van der Waals surface area contributed by atoms with Crippen molar-refractivity contribution in [1.29, 1.82) is 0 Å². The van der Waals surface area contributed by atoms with E-state index in [4.69, 9.17) is 0 Å². The second-order valence-electron chi connectivity index (χ2n) is 5.96. The van der Waals surface area contributed by atoms with Gasteiger partial charge in [0.1, 0.15) is 0 Å². The van der Waals surface area contributed by atoms with Crippen molar-refractivity contribution in [3.8, 4) is 0 Å². The zero-order valence-corrected chi connectivity index (χ0v) is 14.3. The molecule has 1 unspecified atom stereocenters. The molecule has 23 heavy (non-hydrogen) atoms. The highest BCUT2D eigenvalue weighted by atomic mass is 32.2. The fourth-order valence-electron chi connectivity index (χ4n) is 2.87. The molecule has 0 bridgehead atoms. The number of nitrogens with one attached hydrogen (secondary N) is 1. The number of anilines is 1. The number of urea groups is 1. The summed E-state index contributed by atoms with van der Waals surface area (Å²) in [6, 6.07) is 6.37. The molecule has 2 rings (SSSR count). The Morgan fingerprint density at radius 1 is 1.48 bits per heavy atom. The molecule has 2 amide bonds. The van der Waals surface area contributed by atoms with Gasteiger partial charge in [-0.15, -0.1) is 0 Å². The van der Waals surface area contributed by atoms with Gasteiger partial charge in [-0.1, -0.05) is 23.9 Å². The molecule has 1 N–H and O–H groups in total. The van der Waals surface area contributed by atoms with E-state index in [0.29, 0.717) is 34.8 Å². The summed E-state index contributed by atoms with van der Waals surface area (Å²) >= 11 is 0.441. The van der Waals surface area contributed by atoms with Crippen LogP contribution in [0.15, 0.2) is 29.2 Å². The first-order valence-electron chi connectivity index (χ1n) is 7.70. The van der Waals surface area contributed by atoms with Crippen LogP contribution in [-0.4, -0.2) is 55.3 Å². The van der Waals surface area contributed by atoms with Gasteiger partial charge >= 0.3 is 6.03 Å². The fraction of sp³-hybridized carbons (Fsp3) is 0.562. The Hall–Kier alpha value is -1.34. The molecule has 0 saturated carbocycles. The van der Waals surface area contributed by atoms with Gasteiger partial charge in [-0.3, -0.25) is 0 Å². The van der Waals surface area contributed by atoms with Crippen LogP contribution >= 0.6 is 11.8 Å². The van der Waals surface area contributed by atoms with E-state index in [-0.39, 0.29) is 6.03 Å². The largest absolute Gasteiger partial charge is 0.327 e. The molecule has 1 fully saturated rings. The summed E-state index contributed by atoms with van der Waals surface area (Å²) in [6.45, 7) is 2.75. The van der Waals surface area contributed by atoms with Crippen molar-refractivity contribution in [2.45, 2.75) is 23.5 Å². The Morgan fingerprint density at radius 3 is 2.91 bits per heavy atom. The smallest absolute Gasteiger partial charge is 0.321 e. The normalized spacial score (nSPS) is 18.9. The van der Waals surface area contributed by atoms with Gasteiger partial charge in [0, 0.05) is 25.0 Å². The number of alkyl halides is 2. The van der Waals surface area contributed by atoms with Crippen molar-refractivity contribution in [2.24, 2.45) is 5.92 Å². The Bertz CT molecular complexity index is 530. The molecule has 1 atom stereocenters. The molecule has 4 nitrogen and oxygen atoms in total. The fourth-order valence-corrected chi connectivity index (χ4v) is 3.47. The molecule has 1 heterocycles. The predicted octanol–water partition coefficient (Wildman–Crippen LogP) is 3.81. The molecule has 0 aliphatic carbocycles. The van der Waals surface area contributed by atoms with Crippen molar-refractivity contribution < 1.29 is 13.6 Å². The van der Waals surface area contributed by atoms with Gasteiger partial charge in [-0.2, -0.15) is 8.78 Å². The minimum atomic E-state index is -2.51. The highest BCUT2D eigenvalue weighted by Gasteiger charge is 2.21. The third-order valence-corrected chi connectivity index (χ3v) is 4.73. The van der Waals surface area contributed by atoms with E-state index in [1.54, 1.807) is 36.2 Å². The van der Waals surface area contributed by atoms with E-state index >= 15 is 0 Å². The number of carbonyl (C=O) groups is 1. The number of thioether (sulfide) groups is 1. The van der Waals surface area contributed by atoms with Gasteiger partial charge in [0.15, 0.2) is 0 Å². The maximum atomic E-state index is 12.6. The monoisotopic (exact) mass is 343 g/mol. The molecule has 1 saturated heterocycles. The number of rotatable bonds is 5. The third-order valence-electron chi connectivity index (χ3n) is 3.95. The molecule has 0 spiro atoms. The van der Waals surface area contributed by atoms with Gasteiger partial charge in [-0.05, 0) is 44.5 Å². The van der Waals surface area contributed by atoms with Crippen molar-refractivity contribution >= 4 is 23.5 Å². The van der Waals surface area contributed by atoms with Gasteiger partial charge in [0.05, 0.1) is 5.69 Å². The number of likely N-dealkylation sites (tertiary alicyclic amines) is 1. The highest BCUT2D eigenvalue weighted by molar-refractivity contribution is 7.99. The lowest BCUT2D eigenvalue weighted by molar-refractivity contribution is 0.170. The molecule has 0 radical (unpaired) electrons. The van der Waals surface area contributed by atoms with Crippen LogP contribution in [0, 0.1) is 5.92 Å². The van der Waals surface area contributed by atoms with Crippen LogP contribution in [0.4, 0.5) is 19.3 Å². The number of para-hydroxylation sites is 1. The number of halogens is 2. The molecular formula is C16H23F2N3OS. The number of carbonyl (C=O) groups excluding carboxylic acids is 1. The summed E-state index contributed by atoms with van der Waals surface area (Å²) in [6.07, 6.45) is 2.25. The summed E-state index contributed by atoms with van der Waals surface area (Å²) in [7, 11) is 3.83. The number of nitrogens with zero attached hydrogens (tertiary/aromatic N) is 2. The van der Waals surface area contributed by atoms with Gasteiger partial charge in [0.25, 0.3) is 5.76 Å². The van der Waals surface area contributed by atoms with Crippen LogP contribution in [0.5, 0.6) is 0 Å². The Kier molecular flexibility index (Phi) is 6.65. The Labute approximate surface area is 140 Å². The summed E-state index contributed by atoms with van der Waals surface area (Å²) in [5.41, 5.74) is 0.426. The molecule has 0 aromatic heterocycles. The zero-order chi connectivity index (χ0) is 16.8. The molecule has 1 aliphatic rings. The first-order valence-corrected chi connectivity index (χ1v) is 8.58. The van der Waals surface area contributed by atoms with E-state index in [9.17, 15) is 13.6 Å². The second-order valence-corrected chi connectivity index (χ2v) is 6.99. The molecule has 128 valence electrons. The Balaban J connectivity index is 1.93. The second kappa shape index (κ2) is 8.49. The predicted molar refractivity (Wildman–Crippen MR) is 90.2 cm³/mol. The summed E-state index contributed by atoms with van der Waals surface area (Å²) in [4.78, 5) is 16.6. The van der Waals surface area contributed by atoms with Crippen LogP contribution in [0.3, 0.4) is 0 Å². The standard InChI is InChI=1S/C16H23F2N3OS/c1-20-9-5-6-12(10-20)11-21(2)16(22)19-13-7-3-4-8-14(13)23-15(17)18/h3-4,7-8,12,15H,5-6,9-11H2,1-2H3,(H,19,22). The lowest BCUT2D eigenvalue weighted by Crippen LogP contribution is -2.41. The number of hydrogen-bond acceptors (Lipinski definition) is 3. The van der Waals surface area contributed by atoms with Crippen LogP contribution in [0.1, 0.15) is 12.8 Å². The van der Waals surface area contributed by atoms with Gasteiger partial charge in [0.2, 0.25) is 0 Å². The van der Waals surface area contributed by atoms with Crippen molar-refractivity contribution in [2.75, 3.05) is 39.0 Å². The first kappa shape index (κ1) is 18.0. The average Bonchev–Trinajstić information content (AvgIpc) is 2.48. The van der Waals surface area contributed by atoms with E-state index in [0.717, 1.165) is 25.9 Å². The van der Waals surface area contributed by atoms with E-state index in [1.165, 1.54) is 0 Å². The minimum absolute atomic E-state index is 0.263. The number of hydrogen-bond donors (Lipinski definition) is 1. The van der Waals surface area contributed by atoms with Crippen LogP contribution in [0.2, 0.25) is 0 Å². The average molecular weight is 343 g/mol. The summed E-state index contributed by atoms with van der Waals surface area (Å²) < 4.78 is 25.2. The zero-order valence-electron chi connectivity index (χ0n) is 13.5. The van der Waals surface area contributed by atoms with E-state index in [1.807, 2.05) is 0 Å². The molecule has 1 aliphatic heterocycles. The quantitative estimate of drug-likeness (QED) is 0.826. The van der Waals surface area contributed by atoms with Crippen LogP contribution in [0.25, 0.3) is 0 Å². The third kappa shape index (κ3) is 5.66. The number of piperidine rings is 1. The summed E-state index contributed by atoms with van der Waals surface area (Å²) in [5, 5.41) is 2.74. The Morgan fingerprint density at radius 2 is 2.22 bits per heavy atom. The van der Waals surface area contributed by atoms with Crippen molar-refractivity contribution in [3.63, 3.8) is 0 Å². The lowest BCUT2D eigenvalue weighted by Gasteiger charge is -2.32. The van der Waals surface area contributed by atoms with Crippen LogP contribution in [-0.2, 0) is 0 Å². The molecule has 1 aromatic rings. The maximum Gasteiger partial charge on any atom is 0.321 e. The lowest BCUT2D eigenvalue weighted by atomic mass is 9.98. The van der Waals surface area contributed by atoms with Crippen molar-refractivity contribution in [1.82, 2.24) is 9.80 Å². The molecule has 1 aromatic carbocycles. The molecule has 7 heteroatoms. The summed E-state index contributed by atoms with van der Waals surface area (Å²) in [5.74, 6) is -2.06. The van der Waals surface area contributed by atoms with E-state index in [2.05, 4.69) is 17.3 Å². The van der Waals surface area contributed by atoms with Gasteiger partial charge in [-0.25, -0.2) is 4.79 Å².